The average Bonchev–Trinajstić information content (AvgIpc) is 2.34. The molecule has 98 valence electrons. The number of nitrogens with one attached hydrogen (secondary N) is 1. The summed E-state index contributed by atoms with van der Waals surface area (Å²) in [5.74, 6) is -0.274. The molecule has 1 aromatic rings. The predicted octanol–water partition coefficient (Wildman–Crippen LogP) is 3.18. The molecular formula is C13H16ClNO3. The lowest BCUT2D eigenvalue weighted by molar-refractivity contribution is -0.132. The normalized spacial score (nSPS) is 11.2. The summed E-state index contributed by atoms with van der Waals surface area (Å²) in [5.41, 5.74) is 1.21. The van der Waals surface area contributed by atoms with E-state index >= 15 is 0 Å². The molecule has 1 rings (SSSR count). The quantitative estimate of drug-likeness (QED) is 0.779. The lowest BCUT2D eigenvalue weighted by atomic mass is 10.2. The van der Waals surface area contributed by atoms with Crippen LogP contribution in [0.3, 0.4) is 0 Å². The zero-order valence-electron chi connectivity index (χ0n) is 10.4. The minimum Gasteiger partial charge on any atom is -0.495 e. The molecule has 4 nitrogen and oxygen atoms in total. The largest absolute Gasteiger partial charge is 0.495 e. The van der Waals surface area contributed by atoms with E-state index in [4.69, 9.17) is 21.4 Å². The first-order chi connectivity index (χ1) is 8.58. The number of halogens is 1. The Morgan fingerprint density at radius 1 is 1.56 bits per heavy atom. The van der Waals surface area contributed by atoms with E-state index in [9.17, 15) is 4.79 Å². The van der Waals surface area contributed by atoms with Gasteiger partial charge in [-0.05, 0) is 24.6 Å². The molecule has 18 heavy (non-hydrogen) atoms. The van der Waals surface area contributed by atoms with Crippen molar-refractivity contribution in [3.63, 3.8) is 0 Å². The van der Waals surface area contributed by atoms with E-state index in [0.717, 1.165) is 5.69 Å². The van der Waals surface area contributed by atoms with Gasteiger partial charge in [0.25, 0.3) is 0 Å². The van der Waals surface area contributed by atoms with Crippen LogP contribution >= 0.6 is 11.6 Å². The summed E-state index contributed by atoms with van der Waals surface area (Å²) < 4.78 is 5.04. The molecule has 1 aromatic carbocycles. The van der Waals surface area contributed by atoms with E-state index in [1.807, 2.05) is 13.0 Å². The van der Waals surface area contributed by atoms with Gasteiger partial charge in [-0.25, -0.2) is 4.79 Å². The highest BCUT2D eigenvalue weighted by Gasteiger charge is 2.03. The number of carboxylic acids is 1. The summed E-state index contributed by atoms with van der Waals surface area (Å²) in [6, 6.07) is 5.32. The van der Waals surface area contributed by atoms with E-state index in [1.54, 1.807) is 25.3 Å². The van der Waals surface area contributed by atoms with Crippen molar-refractivity contribution in [3.05, 3.63) is 34.9 Å². The molecule has 0 saturated heterocycles. The van der Waals surface area contributed by atoms with Crippen LogP contribution in [0.15, 0.2) is 29.8 Å². The van der Waals surface area contributed by atoms with Crippen LogP contribution in [0, 0.1) is 0 Å². The van der Waals surface area contributed by atoms with Gasteiger partial charge in [-0.15, -0.1) is 0 Å². The smallest absolute Gasteiger partial charge is 0.331 e. The van der Waals surface area contributed by atoms with Crippen molar-refractivity contribution in [2.75, 3.05) is 19.0 Å². The first kappa shape index (κ1) is 14.4. The zero-order chi connectivity index (χ0) is 13.5. The van der Waals surface area contributed by atoms with Gasteiger partial charge in [0, 0.05) is 17.8 Å². The van der Waals surface area contributed by atoms with Crippen LogP contribution in [0.25, 0.3) is 0 Å². The third kappa shape index (κ3) is 3.96. The molecule has 0 unspecified atom stereocenters. The number of carbonyl (C=O) groups is 1. The van der Waals surface area contributed by atoms with E-state index in [1.165, 1.54) is 0 Å². The third-order valence-corrected chi connectivity index (χ3v) is 2.76. The summed E-state index contributed by atoms with van der Waals surface area (Å²) >= 11 is 5.97. The summed E-state index contributed by atoms with van der Waals surface area (Å²) in [4.78, 5) is 10.8. The minimum atomic E-state index is -0.882. The second-order valence-corrected chi connectivity index (χ2v) is 4.03. The first-order valence-corrected chi connectivity index (χ1v) is 5.96. The number of methoxy groups -OCH3 is 1. The molecule has 0 radical (unpaired) electrons. The molecule has 0 atom stereocenters. The van der Waals surface area contributed by atoms with E-state index < -0.39 is 5.97 Å². The molecule has 2 N–H and O–H groups in total. The predicted molar refractivity (Wildman–Crippen MR) is 72.5 cm³/mol. The summed E-state index contributed by atoms with van der Waals surface area (Å²) in [5, 5.41) is 12.4. The number of hydrogen-bond donors (Lipinski definition) is 2. The molecule has 0 aliphatic rings. The SMILES string of the molecule is CC/C(=C/CNc1ccc(OC)c(Cl)c1)C(=O)O. The standard InChI is InChI=1S/C13H16ClNO3/c1-3-9(13(16)17)6-7-15-10-4-5-12(18-2)11(14)8-10/h4-6,8,15H,3,7H2,1-2H3,(H,16,17)/b9-6-. The summed E-state index contributed by atoms with van der Waals surface area (Å²) in [6.45, 7) is 2.25. The van der Waals surface area contributed by atoms with E-state index in [0.29, 0.717) is 29.3 Å². The maximum Gasteiger partial charge on any atom is 0.331 e. The van der Waals surface area contributed by atoms with Crippen LogP contribution < -0.4 is 10.1 Å². The lowest BCUT2D eigenvalue weighted by Gasteiger charge is -2.07. The van der Waals surface area contributed by atoms with Crippen molar-refractivity contribution < 1.29 is 14.6 Å². The molecule has 0 spiro atoms. The van der Waals surface area contributed by atoms with Gasteiger partial charge in [0.15, 0.2) is 0 Å². The number of rotatable bonds is 6. The van der Waals surface area contributed by atoms with Gasteiger partial charge in [-0.3, -0.25) is 0 Å². The highest BCUT2D eigenvalue weighted by molar-refractivity contribution is 6.32. The number of carboxylic acid groups (broad SMARTS) is 1. The first-order valence-electron chi connectivity index (χ1n) is 5.58. The number of ether oxygens (including phenoxy) is 1. The van der Waals surface area contributed by atoms with E-state index in [-0.39, 0.29) is 0 Å². The summed E-state index contributed by atoms with van der Waals surface area (Å²) in [7, 11) is 1.55. The van der Waals surface area contributed by atoms with Crippen LogP contribution in [0.5, 0.6) is 5.75 Å². The Morgan fingerprint density at radius 2 is 2.28 bits per heavy atom. The highest BCUT2D eigenvalue weighted by atomic mass is 35.5. The van der Waals surface area contributed by atoms with Crippen LogP contribution in [0.2, 0.25) is 5.02 Å². The molecule has 0 aliphatic carbocycles. The fraction of sp³-hybridized carbons (Fsp3) is 0.308. The molecule has 0 amide bonds. The Bertz CT molecular complexity index is 458. The Kier molecular flexibility index (Phi) is 5.52. The van der Waals surface area contributed by atoms with Gasteiger partial charge in [-0.1, -0.05) is 24.6 Å². The molecule has 0 aliphatic heterocycles. The van der Waals surface area contributed by atoms with Crippen molar-refractivity contribution in [1.29, 1.82) is 0 Å². The maximum absolute atomic E-state index is 10.8. The van der Waals surface area contributed by atoms with Crippen molar-refractivity contribution in [2.24, 2.45) is 0 Å². The third-order valence-electron chi connectivity index (χ3n) is 2.46. The van der Waals surface area contributed by atoms with Gasteiger partial charge in [-0.2, -0.15) is 0 Å². The average molecular weight is 270 g/mol. The van der Waals surface area contributed by atoms with Gasteiger partial charge in [0.05, 0.1) is 12.1 Å². The van der Waals surface area contributed by atoms with Gasteiger partial charge in [0.2, 0.25) is 0 Å². The molecule has 0 heterocycles. The molecule has 0 fully saturated rings. The van der Waals surface area contributed by atoms with E-state index in [2.05, 4.69) is 5.32 Å². The van der Waals surface area contributed by atoms with Gasteiger partial charge < -0.3 is 15.2 Å². The molecule has 0 aromatic heterocycles. The Labute approximate surface area is 111 Å². The Hall–Kier alpha value is -1.68. The summed E-state index contributed by atoms with van der Waals surface area (Å²) in [6.07, 6.45) is 2.15. The van der Waals surface area contributed by atoms with Crippen molar-refractivity contribution in [1.82, 2.24) is 0 Å². The molecule has 5 heteroatoms. The second kappa shape index (κ2) is 6.91. The number of aliphatic carboxylic acids is 1. The number of benzene rings is 1. The van der Waals surface area contributed by atoms with Crippen LogP contribution in [-0.2, 0) is 4.79 Å². The fourth-order valence-electron chi connectivity index (χ4n) is 1.45. The number of anilines is 1. The fourth-order valence-corrected chi connectivity index (χ4v) is 1.71. The van der Waals surface area contributed by atoms with Crippen molar-refractivity contribution >= 4 is 23.3 Å². The topological polar surface area (TPSA) is 58.6 Å². The van der Waals surface area contributed by atoms with Crippen LogP contribution in [-0.4, -0.2) is 24.7 Å². The Morgan fingerprint density at radius 3 is 2.78 bits per heavy atom. The lowest BCUT2D eigenvalue weighted by Crippen LogP contribution is -2.04. The monoisotopic (exact) mass is 269 g/mol. The van der Waals surface area contributed by atoms with Gasteiger partial charge in [0.1, 0.15) is 5.75 Å². The molecular weight excluding hydrogens is 254 g/mol. The zero-order valence-corrected chi connectivity index (χ0v) is 11.1. The Balaban J connectivity index is 2.64. The molecule has 0 saturated carbocycles. The van der Waals surface area contributed by atoms with Crippen LogP contribution in [0.4, 0.5) is 5.69 Å². The second-order valence-electron chi connectivity index (χ2n) is 3.62. The maximum atomic E-state index is 10.8. The van der Waals surface area contributed by atoms with Gasteiger partial charge >= 0.3 is 5.97 Å². The van der Waals surface area contributed by atoms with Crippen molar-refractivity contribution in [2.45, 2.75) is 13.3 Å². The number of hydrogen-bond acceptors (Lipinski definition) is 3. The minimum absolute atomic E-state index is 0.391. The molecule has 0 bridgehead atoms. The highest BCUT2D eigenvalue weighted by Crippen LogP contribution is 2.27. The van der Waals surface area contributed by atoms with Crippen LogP contribution in [0.1, 0.15) is 13.3 Å². The van der Waals surface area contributed by atoms with Crippen molar-refractivity contribution in [3.8, 4) is 5.75 Å².